The summed E-state index contributed by atoms with van der Waals surface area (Å²) >= 11 is 1.66. The number of aryl methyl sites for hydroxylation is 1. The van der Waals surface area contributed by atoms with Gasteiger partial charge in [0.1, 0.15) is 10.6 Å². The SMILES string of the molecule is CCC1CC1Nc1nc(N)nc2sc(C)cc12. The molecule has 90 valence electrons. The Kier molecular flexibility index (Phi) is 2.43. The van der Waals surface area contributed by atoms with Gasteiger partial charge in [0.05, 0.1) is 5.39 Å². The first-order valence-corrected chi connectivity index (χ1v) is 6.79. The molecule has 1 fully saturated rings. The molecule has 2 atom stereocenters. The van der Waals surface area contributed by atoms with Gasteiger partial charge in [-0.2, -0.15) is 4.98 Å². The first-order valence-electron chi connectivity index (χ1n) is 5.97. The molecule has 2 unspecified atom stereocenters. The molecule has 5 heteroatoms. The maximum absolute atomic E-state index is 5.74. The Morgan fingerprint density at radius 3 is 3.06 bits per heavy atom. The maximum Gasteiger partial charge on any atom is 0.223 e. The standard InChI is InChI=1S/C12H16N4S/c1-3-7-5-9(7)14-10-8-4-6(2)17-11(8)16-12(13)15-10/h4,7,9H,3,5H2,1-2H3,(H3,13,14,15,16). The Morgan fingerprint density at radius 1 is 1.53 bits per heavy atom. The molecule has 0 amide bonds. The van der Waals surface area contributed by atoms with Crippen LogP contribution < -0.4 is 11.1 Å². The van der Waals surface area contributed by atoms with Crippen molar-refractivity contribution in [2.45, 2.75) is 32.7 Å². The summed E-state index contributed by atoms with van der Waals surface area (Å²) in [6.07, 6.45) is 2.47. The van der Waals surface area contributed by atoms with E-state index in [4.69, 9.17) is 5.73 Å². The number of nitrogens with two attached hydrogens (primary N) is 1. The first-order chi connectivity index (χ1) is 8.17. The van der Waals surface area contributed by atoms with Crippen molar-refractivity contribution < 1.29 is 0 Å². The Morgan fingerprint density at radius 2 is 2.35 bits per heavy atom. The average molecular weight is 248 g/mol. The molecule has 0 radical (unpaired) electrons. The molecule has 0 aliphatic heterocycles. The molecular formula is C12H16N4S. The zero-order chi connectivity index (χ0) is 12.0. The summed E-state index contributed by atoms with van der Waals surface area (Å²) < 4.78 is 0. The molecule has 3 N–H and O–H groups in total. The summed E-state index contributed by atoms with van der Waals surface area (Å²) in [6.45, 7) is 4.31. The van der Waals surface area contributed by atoms with E-state index in [1.165, 1.54) is 17.7 Å². The lowest BCUT2D eigenvalue weighted by Gasteiger charge is -2.06. The molecular weight excluding hydrogens is 232 g/mol. The Hall–Kier alpha value is -1.36. The van der Waals surface area contributed by atoms with E-state index < -0.39 is 0 Å². The first kappa shape index (κ1) is 10.8. The minimum absolute atomic E-state index is 0.357. The van der Waals surface area contributed by atoms with Gasteiger partial charge in [0.25, 0.3) is 0 Å². The van der Waals surface area contributed by atoms with Crippen LogP contribution in [0.1, 0.15) is 24.6 Å². The minimum Gasteiger partial charge on any atom is -0.368 e. The lowest BCUT2D eigenvalue weighted by Crippen LogP contribution is -2.08. The third-order valence-corrected chi connectivity index (χ3v) is 4.25. The van der Waals surface area contributed by atoms with Crippen LogP contribution in [-0.4, -0.2) is 16.0 Å². The number of hydrogen-bond donors (Lipinski definition) is 2. The van der Waals surface area contributed by atoms with Crippen LogP contribution in [0.5, 0.6) is 0 Å². The van der Waals surface area contributed by atoms with E-state index in [-0.39, 0.29) is 0 Å². The van der Waals surface area contributed by atoms with Gasteiger partial charge in [-0.1, -0.05) is 13.3 Å². The number of thiophene rings is 1. The highest BCUT2D eigenvalue weighted by Crippen LogP contribution is 2.38. The van der Waals surface area contributed by atoms with Crippen molar-refractivity contribution in [1.29, 1.82) is 0 Å². The molecule has 0 saturated heterocycles. The Bertz CT molecular complexity index is 563. The molecule has 2 heterocycles. The molecule has 2 aromatic rings. The molecule has 1 aliphatic rings. The van der Waals surface area contributed by atoms with Gasteiger partial charge in [-0.25, -0.2) is 4.98 Å². The van der Waals surface area contributed by atoms with Gasteiger partial charge < -0.3 is 11.1 Å². The second-order valence-electron chi connectivity index (χ2n) is 4.66. The summed E-state index contributed by atoms with van der Waals surface area (Å²) in [7, 11) is 0. The van der Waals surface area contributed by atoms with Crippen molar-refractivity contribution in [3.8, 4) is 0 Å². The summed E-state index contributed by atoms with van der Waals surface area (Å²) in [5.74, 6) is 2.05. The fourth-order valence-electron chi connectivity index (χ4n) is 2.22. The van der Waals surface area contributed by atoms with Gasteiger partial charge >= 0.3 is 0 Å². The Labute approximate surface area is 104 Å². The zero-order valence-electron chi connectivity index (χ0n) is 10.0. The van der Waals surface area contributed by atoms with E-state index >= 15 is 0 Å². The highest BCUT2D eigenvalue weighted by atomic mass is 32.1. The largest absolute Gasteiger partial charge is 0.368 e. The number of aromatic nitrogens is 2. The smallest absolute Gasteiger partial charge is 0.223 e. The number of nitrogens with zero attached hydrogens (tertiary/aromatic N) is 2. The van der Waals surface area contributed by atoms with E-state index in [9.17, 15) is 0 Å². The van der Waals surface area contributed by atoms with E-state index in [2.05, 4.69) is 35.2 Å². The number of nitrogens with one attached hydrogen (secondary N) is 1. The quantitative estimate of drug-likeness (QED) is 0.876. The Balaban J connectivity index is 1.97. The van der Waals surface area contributed by atoms with Crippen LogP contribution in [0.3, 0.4) is 0 Å². The number of fused-ring (bicyclic) bond motifs is 1. The lowest BCUT2D eigenvalue weighted by atomic mass is 10.3. The van der Waals surface area contributed by atoms with Crippen molar-refractivity contribution >= 4 is 33.3 Å². The molecule has 17 heavy (non-hydrogen) atoms. The third-order valence-electron chi connectivity index (χ3n) is 3.30. The van der Waals surface area contributed by atoms with Gasteiger partial charge in [-0.05, 0) is 25.3 Å². The molecule has 0 aromatic carbocycles. The van der Waals surface area contributed by atoms with Gasteiger partial charge in [-0.15, -0.1) is 11.3 Å². The highest BCUT2D eigenvalue weighted by molar-refractivity contribution is 7.18. The third kappa shape index (κ3) is 1.95. The van der Waals surface area contributed by atoms with E-state index in [0.717, 1.165) is 22.0 Å². The highest BCUT2D eigenvalue weighted by Gasteiger charge is 2.35. The molecule has 1 aliphatic carbocycles. The minimum atomic E-state index is 0.357. The summed E-state index contributed by atoms with van der Waals surface area (Å²) in [6, 6.07) is 2.70. The molecule has 1 saturated carbocycles. The van der Waals surface area contributed by atoms with E-state index in [0.29, 0.717) is 12.0 Å². The van der Waals surface area contributed by atoms with Crippen LogP contribution in [0.25, 0.3) is 10.2 Å². The molecule has 0 spiro atoms. The van der Waals surface area contributed by atoms with Crippen LogP contribution >= 0.6 is 11.3 Å². The summed E-state index contributed by atoms with van der Waals surface area (Å²) in [4.78, 5) is 10.8. The predicted octanol–water partition coefficient (Wildman–Crippen LogP) is 2.79. The fraction of sp³-hybridized carbons (Fsp3) is 0.500. The van der Waals surface area contributed by atoms with E-state index in [1.54, 1.807) is 11.3 Å². The summed E-state index contributed by atoms with van der Waals surface area (Å²) in [5, 5.41) is 4.59. The van der Waals surface area contributed by atoms with Crippen molar-refractivity contribution in [3.05, 3.63) is 10.9 Å². The number of hydrogen-bond acceptors (Lipinski definition) is 5. The van der Waals surface area contributed by atoms with E-state index in [1.807, 2.05) is 0 Å². The fourth-order valence-corrected chi connectivity index (χ4v) is 3.11. The van der Waals surface area contributed by atoms with Crippen LogP contribution in [0, 0.1) is 12.8 Å². The van der Waals surface area contributed by atoms with Crippen molar-refractivity contribution in [2.24, 2.45) is 5.92 Å². The number of nitrogen functional groups attached to an aromatic ring is 1. The van der Waals surface area contributed by atoms with Crippen LogP contribution in [0.2, 0.25) is 0 Å². The van der Waals surface area contributed by atoms with Crippen molar-refractivity contribution in [1.82, 2.24) is 9.97 Å². The van der Waals surface area contributed by atoms with Crippen LogP contribution in [0.4, 0.5) is 11.8 Å². The second kappa shape index (κ2) is 3.84. The van der Waals surface area contributed by atoms with Crippen molar-refractivity contribution in [3.63, 3.8) is 0 Å². The average Bonchev–Trinajstić information content (AvgIpc) is 2.91. The number of anilines is 2. The van der Waals surface area contributed by atoms with Crippen LogP contribution in [0.15, 0.2) is 6.07 Å². The number of rotatable bonds is 3. The predicted molar refractivity (Wildman–Crippen MR) is 72.4 cm³/mol. The molecule has 2 aromatic heterocycles. The second-order valence-corrected chi connectivity index (χ2v) is 5.90. The van der Waals surface area contributed by atoms with Gasteiger partial charge in [-0.3, -0.25) is 0 Å². The molecule has 4 nitrogen and oxygen atoms in total. The molecule has 0 bridgehead atoms. The maximum atomic E-state index is 5.74. The van der Waals surface area contributed by atoms with Gasteiger partial charge in [0.2, 0.25) is 5.95 Å². The monoisotopic (exact) mass is 248 g/mol. The topological polar surface area (TPSA) is 63.8 Å². The van der Waals surface area contributed by atoms with Crippen molar-refractivity contribution in [2.75, 3.05) is 11.1 Å². The normalized spacial score (nSPS) is 22.9. The molecule has 3 rings (SSSR count). The van der Waals surface area contributed by atoms with Gasteiger partial charge in [0.15, 0.2) is 0 Å². The lowest BCUT2D eigenvalue weighted by molar-refractivity contribution is 0.774. The van der Waals surface area contributed by atoms with Gasteiger partial charge in [0, 0.05) is 10.9 Å². The summed E-state index contributed by atoms with van der Waals surface area (Å²) in [5.41, 5.74) is 5.74. The van der Waals surface area contributed by atoms with Crippen LogP contribution in [-0.2, 0) is 0 Å². The zero-order valence-corrected chi connectivity index (χ0v) is 10.8.